The van der Waals surface area contributed by atoms with Gasteiger partial charge in [0.1, 0.15) is 11.6 Å². The molecule has 1 aliphatic heterocycles. The number of aryl methyl sites for hydroxylation is 1. The Kier molecular flexibility index (Phi) is 3.77. The molecule has 1 aliphatic rings. The van der Waals surface area contributed by atoms with E-state index in [1.54, 1.807) is 13.0 Å². The summed E-state index contributed by atoms with van der Waals surface area (Å²) in [5.41, 5.74) is 3.65. The first kappa shape index (κ1) is 15.4. The van der Waals surface area contributed by atoms with Crippen LogP contribution in [-0.4, -0.2) is 36.4 Å². The zero-order chi connectivity index (χ0) is 16.5. The molecule has 0 spiro atoms. The Labute approximate surface area is 125 Å². The van der Waals surface area contributed by atoms with Gasteiger partial charge in [-0.1, -0.05) is 6.92 Å². The highest BCUT2D eigenvalue weighted by Gasteiger charge is 2.61. The van der Waals surface area contributed by atoms with Crippen molar-refractivity contribution in [1.29, 1.82) is 5.26 Å². The quantitative estimate of drug-likeness (QED) is 0.570. The van der Waals surface area contributed by atoms with Crippen molar-refractivity contribution in [3.8, 4) is 11.9 Å². The maximum Gasteiger partial charge on any atom is 0.333 e. The zero-order valence-corrected chi connectivity index (χ0v) is 12.2. The van der Waals surface area contributed by atoms with Crippen LogP contribution < -0.4 is 10.5 Å². The van der Waals surface area contributed by atoms with E-state index >= 15 is 0 Å². The van der Waals surface area contributed by atoms with E-state index in [0.717, 1.165) is 14.2 Å². The van der Waals surface area contributed by atoms with Crippen molar-refractivity contribution in [3.05, 3.63) is 22.7 Å². The Hall–Kier alpha value is -3.02. The summed E-state index contributed by atoms with van der Waals surface area (Å²) in [6.45, 7) is 1.78. The van der Waals surface area contributed by atoms with E-state index < -0.39 is 28.8 Å². The van der Waals surface area contributed by atoms with E-state index in [1.807, 2.05) is 0 Å². The summed E-state index contributed by atoms with van der Waals surface area (Å²) >= 11 is 0. The number of nitriles is 1. The largest absolute Gasteiger partial charge is 0.468 e. The Bertz CT molecular complexity index is 697. The van der Waals surface area contributed by atoms with Crippen LogP contribution >= 0.6 is 0 Å². The smallest absolute Gasteiger partial charge is 0.333 e. The number of hydrogen-bond donors (Lipinski definition) is 2. The van der Waals surface area contributed by atoms with Crippen LogP contribution in [-0.2, 0) is 30.9 Å². The SMILES string of the molecule is CCc1[nH]nc2c1C(C(=O)OC)(C(=O)OC)C(C#N)=C(N)O2. The molecule has 0 unspecified atom stereocenters. The van der Waals surface area contributed by atoms with Crippen molar-refractivity contribution >= 4 is 11.9 Å². The number of H-pyrrole nitrogens is 1. The molecular formula is C13H14N4O5. The minimum absolute atomic E-state index is 0.0656. The highest BCUT2D eigenvalue weighted by molar-refractivity contribution is 6.12. The summed E-state index contributed by atoms with van der Waals surface area (Å²) in [5, 5.41) is 15.9. The third kappa shape index (κ3) is 1.74. The second-order valence-corrected chi connectivity index (χ2v) is 4.42. The molecule has 0 saturated carbocycles. The molecule has 9 heteroatoms. The number of nitrogens with one attached hydrogen (secondary N) is 1. The number of carbonyl (C=O) groups is 2. The van der Waals surface area contributed by atoms with Crippen LogP contribution in [0, 0.1) is 11.3 Å². The molecule has 0 bridgehead atoms. The maximum atomic E-state index is 12.5. The fourth-order valence-corrected chi connectivity index (χ4v) is 2.48. The third-order valence-corrected chi connectivity index (χ3v) is 3.46. The first-order valence-corrected chi connectivity index (χ1v) is 6.31. The molecule has 0 radical (unpaired) electrons. The number of aromatic amines is 1. The van der Waals surface area contributed by atoms with Crippen molar-refractivity contribution in [2.75, 3.05) is 14.2 Å². The van der Waals surface area contributed by atoms with Crippen molar-refractivity contribution in [3.63, 3.8) is 0 Å². The number of hydrogen-bond acceptors (Lipinski definition) is 8. The number of nitrogens with zero attached hydrogens (tertiary/aromatic N) is 2. The number of carbonyl (C=O) groups excluding carboxylic acids is 2. The van der Waals surface area contributed by atoms with E-state index in [0.29, 0.717) is 12.1 Å². The van der Waals surface area contributed by atoms with Crippen LogP contribution in [0.2, 0.25) is 0 Å². The lowest BCUT2D eigenvalue weighted by atomic mass is 9.72. The van der Waals surface area contributed by atoms with E-state index in [1.165, 1.54) is 0 Å². The Morgan fingerprint density at radius 3 is 2.45 bits per heavy atom. The first-order valence-electron chi connectivity index (χ1n) is 6.31. The molecule has 0 amide bonds. The van der Waals surface area contributed by atoms with Gasteiger partial charge in [0.25, 0.3) is 0 Å². The van der Waals surface area contributed by atoms with Crippen LogP contribution in [0.25, 0.3) is 0 Å². The van der Waals surface area contributed by atoms with Gasteiger partial charge in [0, 0.05) is 5.69 Å². The molecule has 0 atom stereocenters. The predicted molar refractivity (Wildman–Crippen MR) is 71.1 cm³/mol. The van der Waals surface area contributed by atoms with Gasteiger partial charge in [-0.2, -0.15) is 5.26 Å². The molecule has 22 heavy (non-hydrogen) atoms. The molecule has 2 heterocycles. The highest BCUT2D eigenvalue weighted by atomic mass is 16.5. The Morgan fingerprint density at radius 1 is 1.41 bits per heavy atom. The van der Waals surface area contributed by atoms with E-state index in [2.05, 4.69) is 10.2 Å². The molecule has 0 aromatic carbocycles. The second kappa shape index (κ2) is 5.40. The van der Waals surface area contributed by atoms with Gasteiger partial charge in [0.15, 0.2) is 0 Å². The molecule has 0 saturated heterocycles. The lowest BCUT2D eigenvalue weighted by Gasteiger charge is -2.31. The average Bonchev–Trinajstić information content (AvgIpc) is 2.94. The number of methoxy groups -OCH3 is 2. The van der Waals surface area contributed by atoms with Gasteiger partial charge in [-0.05, 0) is 6.42 Å². The molecule has 2 rings (SSSR count). The average molecular weight is 306 g/mol. The molecule has 3 N–H and O–H groups in total. The maximum absolute atomic E-state index is 12.5. The molecule has 1 aromatic rings. The van der Waals surface area contributed by atoms with Crippen LogP contribution in [0.15, 0.2) is 11.5 Å². The van der Waals surface area contributed by atoms with Gasteiger partial charge in [0.2, 0.25) is 17.2 Å². The fourth-order valence-electron chi connectivity index (χ4n) is 2.48. The lowest BCUT2D eigenvalue weighted by molar-refractivity contribution is -0.160. The van der Waals surface area contributed by atoms with Crippen LogP contribution in [0.1, 0.15) is 18.2 Å². The van der Waals surface area contributed by atoms with Crippen molar-refractivity contribution in [1.82, 2.24) is 10.2 Å². The van der Waals surface area contributed by atoms with Crippen LogP contribution in [0.3, 0.4) is 0 Å². The zero-order valence-electron chi connectivity index (χ0n) is 12.2. The van der Waals surface area contributed by atoms with Crippen molar-refractivity contribution in [2.45, 2.75) is 18.8 Å². The predicted octanol–water partition coefficient (Wildman–Crippen LogP) is -0.358. The summed E-state index contributed by atoms with van der Waals surface area (Å²) in [7, 11) is 2.19. The molecular weight excluding hydrogens is 292 g/mol. The summed E-state index contributed by atoms with van der Waals surface area (Å²) in [6, 6.07) is 1.74. The summed E-state index contributed by atoms with van der Waals surface area (Å²) in [4.78, 5) is 24.9. The Balaban J connectivity index is 2.93. The second-order valence-electron chi connectivity index (χ2n) is 4.42. The van der Waals surface area contributed by atoms with E-state index in [-0.39, 0.29) is 11.4 Å². The first-order chi connectivity index (χ1) is 10.5. The van der Waals surface area contributed by atoms with Gasteiger partial charge in [-0.3, -0.25) is 14.7 Å². The summed E-state index contributed by atoms with van der Waals surface area (Å²) in [6.07, 6.45) is 0.403. The van der Waals surface area contributed by atoms with Crippen molar-refractivity contribution in [2.24, 2.45) is 5.73 Å². The van der Waals surface area contributed by atoms with E-state index in [4.69, 9.17) is 19.9 Å². The van der Waals surface area contributed by atoms with Crippen LogP contribution in [0.4, 0.5) is 0 Å². The van der Waals surface area contributed by atoms with Crippen LogP contribution in [0.5, 0.6) is 5.88 Å². The fraction of sp³-hybridized carbons (Fsp3) is 0.385. The molecule has 0 aliphatic carbocycles. The standard InChI is InChI=1S/C13H14N4O5/c1-4-7-8-10(17-16-7)22-9(15)6(5-14)13(8,11(18)20-2)12(19)21-3/h4,15H2,1-3H3,(H,16,17). The number of ether oxygens (including phenoxy) is 3. The van der Waals surface area contributed by atoms with Crippen molar-refractivity contribution < 1.29 is 23.8 Å². The molecule has 1 aromatic heterocycles. The van der Waals surface area contributed by atoms with Gasteiger partial charge < -0.3 is 19.9 Å². The number of rotatable bonds is 3. The monoisotopic (exact) mass is 306 g/mol. The van der Waals surface area contributed by atoms with Gasteiger partial charge in [0.05, 0.1) is 19.8 Å². The van der Waals surface area contributed by atoms with Gasteiger partial charge in [-0.15, -0.1) is 5.10 Å². The van der Waals surface area contributed by atoms with E-state index in [9.17, 15) is 14.9 Å². The molecule has 116 valence electrons. The minimum Gasteiger partial charge on any atom is -0.468 e. The number of aromatic nitrogens is 2. The normalized spacial score (nSPS) is 15.4. The number of fused-ring (bicyclic) bond motifs is 1. The molecule has 9 nitrogen and oxygen atoms in total. The van der Waals surface area contributed by atoms with Gasteiger partial charge >= 0.3 is 11.9 Å². The molecule has 0 fully saturated rings. The number of nitrogens with two attached hydrogens (primary N) is 1. The Morgan fingerprint density at radius 2 is 2.00 bits per heavy atom. The third-order valence-electron chi connectivity index (χ3n) is 3.46. The number of esters is 2. The minimum atomic E-state index is -2.16. The summed E-state index contributed by atoms with van der Waals surface area (Å²) in [5.74, 6) is -2.47. The lowest BCUT2D eigenvalue weighted by Crippen LogP contribution is -2.50. The highest BCUT2D eigenvalue weighted by Crippen LogP contribution is 2.45. The topological polar surface area (TPSA) is 140 Å². The summed E-state index contributed by atoms with van der Waals surface area (Å²) < 4.78 is 14.7. The van der Waals surface area contributed by atoms with Gasteiger partial charge in [-0.25, -0.2) is 0 Å².